The van der Waals surface area contributed by atoms with Gasteiger partial charge < -0.3 is 15.5 Å². The maximum Gasteiger partial charge on any atom is 0.336 e. The van der Waals surface area contributed by atoms with E-state index in [0.29, 0.717) is 10.0 Å². The van der Waals surface area contributed by atoms with Crippen LogP contribution in [0.4, 0.5) is 0 Å². The highest BCUT2D eigenvalue weighted by molar-refractivity contribution is 9.10. The lowest BCUT2D eigenvalue weighted by Gasteiger charge is -2.16. The number of carbonyl (C=O) groups is 1. The van der Waals surface area contributed by atoms with E-state index in [0.717, 1.165) is 19.4 Å². The Morgan fingerprint density at radius 1 is 1.50 bits per heavy atom. The quantitative estimate of drug-likeness (QED) is 0.780. The first-order chi connectivity index (χ1) is 7.61. The van der Waals surface area contributed by atoms with Crippen LogP contribution in [0.25, 0.3) is 0 Å². The van der Waals surface area contributed by atoms with E-state index >= 15 is 0 Å². The van der Waals surface area contributed by atoms with E-state index in [1.54, 1.807) is 6.07 Å². The summed E-state index contributed by atoms with van der Waals surface area (Å²) in [5.41, 5.74) is 0.652. The average Bonchev–Trinajstić information content (AvgIpc) is 2.74. The molecule has 0 bridgehead atoms. The van der Waals surface area contributed by atoms with Crippen LogP contribution < -0.4 is 5.32 Å². The number of aromatic hydroxyl groups is 1. The molecule has 1 aliphatic rings. The van der Waals surface area contributed by atoms with Crippen LogP contribution in [-0.2, 0) is 0 Å². The van der Waals surface area contributed by atoms with E-state index in [4.69, 9.17) is 5.11 Å². The zero-order valence-electron chi connectivity index (χ0n) is 8.53. The molecule has 0 aromatic heterocycles. The number of phenols is 1. The summed E-state index contributed by atoms with van der Waals surface area (Å²) in [5.74, 6) is -0.981. The second-order valence-corrected chi connectivity index (χ2v) is 4.67. The van der Waals surface area contributed by atoms with E-state index in [-0.39, 0.29) is 17.4 Å². The first-order valence-electron chi connectivity index (χ1n) is 5.09. The largest absolute Gasteiger partial charge is 0.506 e. The summed E-state index contributed by atoms with van der Waals surface area (Å²) in [4.78, 5) is 11.1. The van der Waals surface area contributed by atoms with Crippen molar-refractivity contribution in [2.45, 2.75) is 18.9 Å². The van der Waals surface area contributed by atoms with Crippen LogP contribution >= 0.6 is 15.9 Å². The van der Waals surface area contributed by atoms with Crippen LogP contribution in [0, 0.1) is 0 Å². The summed E-state index contributed by atoms with van der Waals surface area (Å²) < 4.78 is 0.529. The molecule has 1 fully saturated rings. The summed E-state index contributed by atoms with van der Waals surface area (Å²) in [6, 6.07) is 3.00. The summed E-state index contributed by atoms with van der Waals surface area (Å²) in [6.45, 7) is 0.857. The predicted octanol–water partition coefficient (Wildman–Crippen LogP) is 2.28. The zero-order valence-corrected chi connectivity index (χ0v) is 10.1. The highest BCUT2D eigenvalue weighted by Gasteiger charge is 2.26. The van der Waals surface area contributed by atoms with Gasteiger partial charge in [0.25, 0.3) is 0 Å². The summed E-state index contributed by atoms with van der Waals surface area (Å²) >= 11 is 3.21. The minimum Gasteiger partial charge on any atom is -0.506 e. The molecule has 0 spiro atoms. The summed E-state index contributed by atoms with van der Waals surface area (Å²) in [5, 5.41) is 22.2. The highest BCUT2D eigenvalue weighted by Crippen LogP contribution is 2.37. The van der Waals surface area contributed by atoms with Crippen molar-refractivity contribution in [2.24, 2.45) is 0 Å². The molecule has 86 valence electrons. The van der Waals surface area contributed by atoms with Gasteiger partial charge in [0.15, 0.2) is 0 Å². The van der Waals surface area contributed by atoms with E-state index in [1.807, 2.05) is 0 Å². The normalized spacial score (nSPS) is 19.9. The van der Waals surface area contributed by atoms with E-state index in [1.165, 1.54) is 6.07 Å². The van der Waals surface area contributed by atoms with Gasteiger partial charge in [-0.15, -0.1) is 0 Å². The van der Waals surface area contributed by atoms with Crippen LogP contribution in [0.2, 0.25) is 0 Å². The predicted molar refractivity (Wildman–Crippen MR) is 62.7 cm³/mol. The molecular formula is C11H12BrNO3. The number of rotatable bonds is 2. The van der Waals surface area contributed by atoms with Crippen molar-refractivity contribution in [3.05, 3.63) is 27.7 Å². The van der Waals surface area contributed by atoms with E-state index in [9.17, 15) is 9.90 Å². The van der Waals surface area contributed by atoms with Gasteiger partial charge in [0.05, 0.1) is 10.0 Å². The van der Waals surface area contributed by atoms with Crippen molar-refractivity contribution in [2.75, 3.05) is 6.54 Å². The fourth-order valence-electron chi connectivity index (χ4n) is 2.05. The maximum atomic E-state index is 11.1. The van der Waals surface area contributed by atoms with Crippen LogP contribution in [0.5, 0.6) is 5.75 Å². The van der Waals surface area contributed by atoms with Crippen molar-refractivity contribution in [3.63, 3.8) is 0 Å². The molecule has 0 radical (unpaired) electrons. The Hall–Kier alpha value is -1.07. The lowest BCUT2D eigenvalue weighted by molar-refractivity contribution is 0.0694. The molecule has 16 heavy (non-hydrogen) atoms. The number of phenolic OH excluding ortho intramolecular Hbond substituents is 1. The number of benzene rings is 1. The number of hydrogen-bond donors (Lipinski definition) is 3. The standard InChI is InChI=1S/C11H12BrNO3/c12-7-4-3-6(11(15)16)9(10(7)14)8-2-1-5-13-8/h3-4,8,13-14H,1-2,5H2,(H,15,16)/t8-/m1/s1. The second-order valence-electron chi connectivity index (χ2n) is 3.81. The zero-order chi connectivity index (χ0) is 11.7. The van der Waals surface area contributed by atoms with Crippen LogP contribution in [0.1, 0.15) is 34.8 Å². The van der Waals surface area contributed by atoms with Gasteiger partial charge in [0.1, 0.15) is 5.75 Å². The topological polar surface area (TPSA) is 69.6 Å². The lowest BCUT2D eigenvalue weighted by atomic mass is 9.98. The van der Waals surface area contributed by atoms with Crippen LogP contribution in [0.15, 0.2) is 16.6 Å². The van der Waals surface area contributed by atoms with Crippen molar-refractivity contribution in [1.29, 1.82) is 0 Å². The molecular weight excluding hydrogens is 274 g/mol. The van der Waals surface area contributed by atoms with E-state index in [2.05, 4.69) is 21.2 Å². The van der Waals surface area contributed by atoms with Crippen LogP contribution in [0.3, 0.4) is 0 Å². The number of carboxylic acid groups (broad SMARTS) is 1. The van der Waals surface area contributed by atoms with Gasteiger partial charge in [-0.2, -0.15) is 0 Å². The Labute approximate surface area is 101 Å². The third-order valence-corrected chi connectivity index (χ3v) is 3.45. The molecule has 1 aromatic carbocycles. The lowest BCUT2D eigenvalue weighted by Crippen LogP contribution is -2.16. The van der Waals surface area contributed by atoms with Crippen LogP contribution in [-0.4, -0.2) is 22.7 Å². The minimum atomic E-state index is -1.01. The fraction of sp³-hybridized carbons (Fsp3) is 0.364. The Kier molecular flexibility index (Phi) is 3.16. The molecule has 0 saturated carbocycles. The Balaban J connectivity index is 2.53. The molecule has 0 amide bonds. The van der Waals surface area contributed by atoms with Gasteiger partial charge >= 0.3 is 5.97 Å². The number of aromatic carboxylic acids is 1. The monoisotopic (exact) mass is 285 g/mol. The number of nitrogens with one attached hydrogen (secondary N) is 1. The van der Waals surface area contributed by atoms with Gasteiger partial charge in [-0.3, -0.25) is 0 Å². The molecule has 1 saturated heterocycles. The number of halogens is 1. The third-order valence-electron chi connectivity index (χ3n) is 2.81. The molecule has 4 nitrogen and oxygen atoms in total. The maximum absolute atomic E-state index is 11.1. The molecule has 1 aliphatic heterocycles. The van der Waals surface area contributed by atoms with Crippen molar-refractivity contribution >= 4 is 21.9 Å². The number of hydrogen-bond acceptors (Lipinski definition) is 3. The fourth-order valence-corrected chi connectivity index (χ4v) is 2.40. The first-order valence-corrected chi connectivity index (χ1v) is 5.88. The van der Waals surface area contributed by atoms with Gasteiger partial charge in [-0.25, -0.2) is 4.79 Å². The van der Waals surface area contributed by atoms with Crippen molar-refractivity contribution in [3.8, 4) is 5.75 Å². The van der Waals surface area contributed by atoms with Gasteiger partial charge in [0.2, 0.25) is 0 Å². The molecule has 1 aromatic rings. The summed E-state index contributed by atoms with van der Waals surface area (Å²) in [7, 11) is 0. The molecule has 0 aliphatic carbocycles. The SMILES string of the molecule is O=C(O)c1ccc(Br)c(O)c1[C@H]1CCCN1. The Bertz CT molecular complexity index is 427. The molecule has 5 heteroatoms. The molecule has 3 N–H and O–H groups in total. The molecule has 1 heterocycles. The van der Waals surface area contributed by atoms with Gasteiger partial charge in [0, 0.05) is 11.6 Å². The van der Waals surface area contributed by atoms with Crippen molar-refractivity contribution < 1.29 is 15.0 Å². The van der Waals surface area contributed by atoms with E-state index < -0.39 is 5.97 Å². The highest BCUT2D eigenvalue weighted by atomic mass is 79.9. The molecule has 0 unspecified atom stereocenters. The second kappa shape index (κ2) is 4.43. The minimum absolute atomic E-state index is 0.0271. The third kappa shape index (κ3) is 1.92. The number of carboxylic acids is 1. The Morgan fingerprint density at radius 3 is 2.81 bits per heavy atom. The van der Waals surface area contributed by atoms with Gasteiger partial charge in [-0.05, 0) is 47.4 Å². The molecule has 1 atom stereocenters. The molecule has 2 rings (SSSR count). The van der Waals surface area contributed by atoms with Crippen molar-refractivity contribution in [1.82, 2.24) is 5.32 Å². The average molecular weight is 286 g/mol. The summed E-state index contributed by atoms with van der Waals surface area (Å²) in [6.07, 6.45) is 1.85. The smallest absolute Gasteiger partial charge is 0.336 e. The van der Waals surface area contributed by atoms with Gasteiger partial charge in [-0.1, -0.05) is 0 Å². The first kappa shape index (κ1) is 11.4. The Morgan fingerprint density at radius 2 is 2.25 bits per heavy atom.